The summed E-state index contributed by atoms with van der Waals surface area (Å²) in [6, 6.07) is 0.752. The van der Waals surface area contributed by atoms with Gasteiger partial charge in [-0.2, -0.15) is 11.8 Å². The molecular weight excluding hydrogens is 154 g/mol. The Morgan fingerprint density at radius 3 is 2.55 bits per heavy atom. The van der Waals surface area contributed by atoms with Gasteiger partial charge in [0.2, 0.25) is 0 Å². The van der Waals surface area contributed by atoms with Gasteiger partial charge in [0.15, 0.2) is 0 Å². The molecule has 1 N–H and O–H groups in total. The molecule has 0 aliphatic carbocycles. The van der Waals surface area contributed by atoms with Crippen molar-refractivity contribution in [2.75, 3.05) is 18.6 Å². The summed E-state index contributed by atoms with van der Waals surface area (Å²) < 4.78 is 0. The Morgan fingerprint density at radius 2 is 2.09 bits per heavy atom. The summed E-state index contributed by atoms with van der Waals surface area (Å²) in [4.78, 5) is 0. The second-order valence-corrected chi connectivity index (χ2v) is 3.83. The van der Waals surface area contributed by atoms with Gasteiger partial charge in [-0.1, -0.05) is 13.8 Å². The summed E-state index contributed by atoms with van der Waals surface area (Å²) in [5.74, 6) is 1.29. The first-order valence-electron chi connectivity index (χ1n) is 4.57. The first-order valence-corrected chi connectivity index (χ1v) is 5.96. The third-order valence-electron chi connectivity index (χ3n) is 1.85. The lowest BCUT2D eigenvalue weighted by Gasteiger charge is -2.15. The summed E-state index contributed by atoms with van der Waals surface area (Å²) >= 11 is 1.94. The van der Waals surface area contributed by atoms with Crippen molar-refractivity contribution in [2.45, 2.75) is 39.2 Å². The van der Waals surface area contributed by atoms with Gasteiger partial charge in [0.1, 0.15) is 0 Å². The van der Waals surface area contributed by atoms with Gasteiger partial charge >= 0.3 is 0 Å². The lowest BCUT2D eigenvalue weighted by atomic mass is 10.2. The average molecular weight is 175 g/mol. The molecule has 68 valence electrons. The predicted octanol–water partition coefficient (Wildman–Crippen LogP) is 2.52. The standard InChI is InChI=1S/C9H21NS/c1-4-7-10-9(5-2)6-8-11-3/h9-10H,4-8H2,1-3H3. The molecule has 0 aromatic heterocycles. The van der Waals surface area contributed by atoms with Crippen LogP contribution in [0.4, 0.5) is 0 Å². The monoisotopic (exact) mass is 175 g/mol. The van der Waals surface area contributed by atoms with E-state index in [1.807, 2.05) is 11.8 Å². The highest BCUT2D eigenvalue weighted by atomic mass is 32.2. The minimum atomic E-state index is 0.752. The predicted molar refractivity (Wildman–Crippen MR) is 55.4 cm³/mol. The molecule has 2 heteroatoms. The molecule has 0 bridgehead atoms. The summed E-state index contributed by atoms with van der Waals surface area (Å²) in [5, 5.41) is 3.54. The van der Waals surface area contributed by atoms with Crippen molar-refractivity contribution in [3.8, 4) is 0 Å². The molecule has 0 amide bonds. The normalized spacial score (nSPS) is 13.4. The maximum atomic E-state index is 3.54. The Bertz CT molecular complexity index is 68.0. The molecule has 0 aliphatic rings. The number of hydrogen-bond acceptors (Lipinski definition) is 2. The van der Waals surface area contributed by atoms with Gasteiger partial charge < -0.3 is 5.32 Å². The number of rotatable bonds is 7. The van der Waals surface area contributed by atoms with Crippen LogP contribution in [0.1, 0.15) is 33.1 Å². The molecule has 1 nitrogen and oxygen atoms in total. The molecule has 0 saturated carbocycles. The van der Waals surface area contributed by atoms with E-state index in [2.05, 4.69) is 25.4 Å². The summed E-state index contributed by atoms with van der Waals surface area (Å²) in [6.07, 6.45) is 6.00. The van der Waals surface area contributed by atoms with Gasteiger partial charge in [0, 0.05) is 6.04 Å². The van der Waals surface area contributed by atoms with E-state index in [1.165, 1.54) is 31.6 Å². The van der Waals surface area contributed by atoms with E-state index in [0.29, 0.717) is 0 Å². The first kappa shape index (κ1) is 11.3. The Hall–Kier alpha value is 0.310. The fraction of sp³-hybridized carbons (Fsp3) is 1.00. The van der Waals surface area contributed by atoms with E-state index >= 15 is 0 Å². The molecule has 0 radical (unpaired) electrons. The molecule has 0 spiro atoms. The summed E-state index contributed by atoms with van der Waals surface area (Å²) in [7, 11) is 0. The highest BCUT2D eigenvalue weighted by molar-refractivity contribution is 7.98. The summed E-state index contributed by atoms with van der Waals surface area (Å²) in [6.45, 7) is 5.65. The minimum Gasteiger partial charge on any atom is -0.314 e. The van der Waals surface area contributed by atoms with Crippen molar-refractivity contribution >= 4 is 11.8 Å². The smallest absolute Gasteiger partial charge is 0.00722 e. The fourth-order valence-electron chi connectivity index (χ4n) is 1.06. The van der Waals surface area contributed by atoms with Gasteiger partial charge in [0.25, 0.3) is 0 Å². The van der Waals surface area contributed by atoms with Gasteiger partial charge in [0.05, 0.1) is 0 Å². The minimum absolute atomic E-state index is 0.752. The Balaban J connectivity index is 3.25. The molecule has 0 fully saturated rings. The molecule has 0 aliphatic heterocycles. The first-order chi connectivity index (χ1) is 5.35. The molecule has 0 rings (SSSR count). The average Bonchev–Trinajstić information content (AvgIpc) is 2.05. The van der Waals surface area contributed by atoms with Crippen LogP contribution in [0.2, 0.25) is 0 Å². The molecule has 11 heavy (non-hydrogen) atoms. The third-order valence-corrected chi connectivity index (χ3v) is 2.49. The zero-order valence-electron chi connectivity index (χ0n) is 8.02. The maximum absolute atomic E-state index is 3.54. The van der Waals surface area contributed by atoms with Crippen LogP contribution in [0, 0.1) is 0 Å². The zero-order chi connectivity index (χ0) is 8.53. The number of thioether (sulfide) groups is 1. The van der Waals surface area contributed by atoms with Crippen molar-refractivity contribution in [1.82, 2.24) is 5.32 Å². The van der Waals surface area contributed by atoms with Gasteiger partial charge in [-0.25, -0.2) is 0 Å². The van der Waals surface area contributed by atoms with E-state index in [4.69, 9.17) is 0 Å². The highest BCUT2D eigenvalue weighted by Crippen LogP contribution is 2.03. The quantitative estimate of drug-likeness (QED) is 0.638. The Morgan fingerprint density at radius 1 is 1.36 bits per heavy atom. The maximum Gasteiger partial charge on any atom is 0.00722 e. The van der Waals surface area contributed by atoms with Crippen LogP contribution in [0.5, 0.6) is 0 Å². The van der Waals surface area contributed by atoms with E-state index in [9.17, 15) is 0 Å². The SMILES string of the molecule is CCCNC(CC)CCSC. The Kier molecular flexibility index (Phi) is 8.64. The third kappa shape index (κ3) is 6.70. The van der Waals surface area contributed by atoms with Crippen LogP contribution in [-0.2, 0) is 0 Å². The van der Waals surface area contributed by atoms with Crippen LogP contribution >= 0.6 is 11.8 Å². The fourth-order valence-corrected chi connectivity index (χ4v) is 1.58. The van der Waals surface area contributed by atoms with E-state index in [-0.39, 0.29) is 0 Å². The molecule has 1 unspecified atom stereocenters. The van der Waals surface area contributed by atoms with Gasteiger partial charge in [-0.3, -0.25) is 0 Å². The van der Waals surface area contributed by atoms with Gasteiger partial charge in [-0.05, 0) is 37.8 Å². The zero-order valence-corrected chi connectivity index (χ0v) is 8.84. The van der Waals surface area contributed by atoms with Crippen LogP contribution in [0.15, 0.2) is 0 Å². The number of nitrogens with one attached hydrogen (secondary N) is 1. The highest BCUT2D eigenvalue weighted by Gasteiger charge is 2.02. The topological polar surface area (TPSA) is 12.0 Å². The largest absolute Gasteiger partial charge is 0.314 e. The molecule has 0 aromatic carbocycles. The van der Waals surface area contributed by atoms with Crippen molar-refractivity contribution in [3.05, 3.63) is 0 Å². The lowest BCUT2D eigenvalue weighted by Crippen LogP contribution is -2.29. The van der Waals surface area contributed by atoms with Crippen LogP contribution in [0.3, 0.4) is 0 Å². The van der Waals surface area contributed by atoms with E-state index in [0.717, 1.165) is 6.04 Å². The molecular formula is C9H21NS. The van der Waals surface area contributed by atoms with Crippen molar-refractivity contribution < 1.29 is 0 Å². The second kappa shape index (κ2) is 8.41. The van der Waals surface area contributed by atoms with Crippen LogP contribution in [-0.4, -0.2) is 24.6 Å². The molecule has 0 aromatic rings. The van der Waals surface area contributed by atoms with E-state index in [1.54, 1.807) is 0 Å². The molecule has 1 atom stereocenters. The van der Waals surface area contributed by atoms with Crippen molar-refractivity contribution in [1.29, 1.82) is 0 Å². The van der Waals surface area contributed by atoms with E-state index < -0.39 is 0 Å². The number of hydrogen-bond donors (Lipinski definition) is 1. The van der Waals surface area contributed by atoms with Crippen LogP contribution in [0.25, 0.3) is 0 Å². The second-order valence-electron chi connectivity index (χ2n) is 2.84. The summed E-state index contributed by atoms with van der Waals surface area (Å²) in [5.41, 5.74) is 0. The molecule has 0 heterocycles. The van der Waals surface area contributed by atoms with Crippen molar-refractivity contribution in [2.24, 2.45) is 0 Å². The van der Waals surface area contributed by atoms with Gasteiger partial charge in [-0.15, -0.1) is 0 Å². The van der Waals surface area contributed by atoms with Crippen LogP contribution < -0.4 is 5.32 Å². The molecule has 0 saturated heterocycles. The van der Waals surface area contributed by atoms with Crippen molar-refractivity contribution in [3.63, 3.8) is 0 Å². The lowest BCUT2D eigenvalue weighted by molar-refractivity contribution is 0.488. The Labute approximate surface area is 75.3 Å².